The Labute approximate surface area is 141 Å². The SMILES string of the molecule is CCc1cccc(CC)c1NCCC(=O)Nc1c(F)cccc1F. The minimum atomic E-state index is -0.777. The minimum Gasteiger partial charge on any atom is -0.384 e. The lowest BCUT2D eigenvalue weighted by Crippen LogP contribution is -2.18. The fourth-order valence-corrected chi connectivity index (χ4v) is 2.59. The molecule has 0 bridgehead atoms. The molecule has 0 saturated carbocycles. The highest BCUT2D eigenvalue weighted by Gasteiger charge is 2.12. The number of hydrogen-bond donors (Lipinski definition) is 2. The highest BCUT2D eigenvalue weighted by Crippen LogP contribution is 2.22. The van der Waals surface area contributed by atoms with Gasteiger partial charge in [0.2, 0.25) is 5.91 Å². The third-order valence-corrected chi connectivity index (χ3v) is 3.88. The molecule has 2 aromatic carbocycles. The van der Waals surface area contributed by atoms with Gasteiger partial charge in [0.25, 0.3) is 0 Å². The van der Waals surface area contributed by atoms with Crippen molar-refractivity contribution < 1.29 is 13.6 Å². The summed E-state index contributed by atoms with van der Waals surface area (Å²) in [5, 5.41) is 5.57. The summed E-state index contributed by atoms with van der Waals surface area (Å²) in [5.74, 6) is -1.99. The molecule has 0 saturated heterocycles. The van der Waals surface area contributed by atoms with Crippen molar-refractivity contribution in [1.82, 2.24) is 0 Å². The summed E-state index contributed by atoms with van der Waals surface area (Å²) in [6, 6.07) is 9.61. The summed E-state index contributed by atoms with van der Waals surface area (Å²) in [7, 11) is 0. The summed E-state index contributed by atoms with van der Waals surface area (Å²) >= 11 is 0. The zero-order valence-corrected chi connectivity index (χ0v) is 14.0. The monoisotopic (exact) mass is 332 g/mol. The zero-order valence-electron chi connectivity index (χ0n) is 14.0. The number of halogens is 2. The van der Waals surface area contributed by atoms with Crippen LogP contribution in [0, 0.1) is 11.6 Å². The number of carbonyl (C=O) groups is 1. The van der Waals surface area contributed by atoms with E-state index in [0.717, 1.165) is 30.7 Å². The second-order valence-electron chi connectivity index (χ2n) is 5.48. The molecule has 2 N–H and O–H groups in total. The van der Waals surface area contributed by atoms with Crippen LogP contribution in [0.4, 0.5) is 20.2 Å². The van der Waals surface area contributed by atoms with Crippen LogP contribution in [-0.4, -0.2) is 12.5 Å². The molecule has 0 heterocycles. The molecule has 0 radical (unpaired) electrons. The van der Waals surface area contributed by atoms with E-state index in [1.54, 1.807) is 0 Å². The number of nitrogens with one attached hydrogen (secondary N) is 2. The molecule has 0 aliphatic rings. The molecule has 1 amide bonds. The van der Waals surface area contributed by atoms with Crippen LogP contribution in [-0.2, 0) is 17.6 Å². The topological polar surface area (TPSA) is 41.1 Å². The van der Waals surface area contributed by atoms with Gasteiger partial charge in [0.1, 0.15) is 17.3 Å². The van der Waals surface area contributed by atoms with E-state index in [4.69, 9.17) is 0 Å². The Hall–Kier alpha value is -2.43. The molecule has 128 valence electrons. The lowest BCUT2D eigenvalue weighted by atomic mass is 10.0. The lowest BCUT2D eigenvalue weighted by Gasteiger charge is -2.15. The van der Waals surface area contributed by atoms with Crippen LogP contribution in [0.3, 0.4) is 0 Å². The quantitative estimate of drug-likeness (QED) is 0.782. The fraction of sp³-hybridized carbons (Fsp3) is 0.316. The summed E-state index contributed by atoms with van der Waals surface area (Å²) in [4.78, 5) is 11.9. The number of para-hydroxylation sites is 2. The van der Waals surface area contributed by atoms with Crippen LogP contribution in [0.2, 0.25) is 0 Å². The van der Waals surface area contributed by atoms with Crippen molar-refractivity contribution in [3.63, 3.8) is 0 Å². The van der Waals surface area contributed by atoms with Gasteiger partial charge in [-0.15, -0.1) is 0 Å². The molecule has 5 heteroatoms. The standard InChI is InChI=1S/C19H22F2N2O/c1-3-13-7-5-8-14(4-2)18(13)22-12-11-17(24)23-19-15(20)9-6-10-16(19)21/h5-10,22H,3-4,11-12H2,1-2H3,(H,23,24). The summed E-state index contributed by atoms with van der Waals surface area (Å²) < 4.78 is 27.1. The van der Waals surface area contributed by atoms with E-state index in [9.17, 15) is 13.6 Å². The van der Waals surface area contributed by atoms with Gasteiger partial charge in [0.15, 0.2) is 0 Å². The number of aryl methyl sites for hydroxylation is 2. The maximum Gasteiger partial charge on any atom is 0.226 e. The van der Waals surface area contributed by atoms with E-state index in [1.807, 2.05) is 6.07 Å². The van der Waals surface area contributed by atoms with Gasteiger partial charge in [0, 0.05) is 18.7 Å². The van der Waals surface area contributed by atoms with Gasteiger partial charge >= 0.3 is 0 Å². The van der Waals surface area contributed by atoms with Crippen LogP contribution < -0.4 is 10.6 Å². The first kappa shape index (κ1) is 17.9. The van der Waals surface area contributed by atoms with Crippen molar-refractivity contribution in [2.24, 2.45) is 0 Å². The van der Waals surface area contributed by atoms with E-state index in [0.29, 0.717) is 6.54 Å². The van der Waals surface area contributed by atoms with Crippen molar-refractivity contribution in [3.05, 3.63) is 59.2 Å². The van der Waals surface area contributed by atoms with Gasteiger partial charge in [0.05, 0.1) is 0 Å². The number of rotatable bonds is 7. The molecule has 24 heavy (non-hydrogen) atoms. The first-order valence-electron chi connectivity index (χ1n) is 8.15. The molecule has 0 aliphatic carbocycles. The number of benzene rings is 2. The Morgan fingerprint density at radius 1 is 0.917 bits per heavy atom. The largest absolute Gasteiger partial charge is 0.384 e. The third-order valence-electron chi connectivity index (χ3n) is 3.88. The zero-order chi connectivity index (χ0) is 17.5. The van der Waals surface area contributed by atoms with E-state index in [-0.39, 0.29) is 6.42 Å². The van der Waals surface area contributed by atoms with E-state index in [1.165, 1.54) is 17.2 Å². The van der Waals surface area contributed by atoms with Gasteiger partial charge < -0.3 is 10.6 Å². The summed E-state index contributed by atoms with van der Waals surface area (Å²) in [6.45, 7) is 4.55. The predicted molar refractivity (Wildman–Crippen MR) is 93.3 cm³/mol. The molecule has 0 spiro atoms. The highest BCUT2D eigenvalue weighted by molar-refractivity contribution is 5.91. The molecule has 0 aromatic heterocycles. The lowest BCUT2D eigenvalue weighted by molar-refractivity contribution is -0.116. The summed E-state index contributed by atoms with van der Waals surface area (Å²) in [6.07, 6.45) is 1.90. The maximum absolute atomic E-state index is 13.5. The van der Waals surface area contributed by atoms with Crippen LogP contribution >= 0.6 is 0 Å². The van der Waals surface area contributed by atoms with Gasteiger partial charge in [-0.2, -0.15) is 0 Å². The second-order valence-corrected chi connectivity index (χ2v) is 5.48. The number of hydrogen-bond acceptors (Lipinski definition) is 2. The molecular formula is C19H22F2N2O. The van der Waals surface area contributed by atoms with Crippen LogP contribution in [0.15, 0.2) is 36.4 Å². The normalized spacial score (nSPS) is 10.5. The maximum atomic E-state index is 13.5. The average molecular weight is 332 g/mol. The van der Waals surface area contributed by atoms with Crippen molar-refractivity contribution in [2.75, 3.05) is 17.2 Å². The van der Waals surface area contributed by atoms with Gasteiger partial charge in [-0.25, -0.2) is 8.78 Å². The number of carbonyl (C=O) groups excluding carboxylic acids is 1. The van der Waals surface area contributed by atoms with Crippen molar-refractivity contribution >= 4 is 17.3 Å². The average Bonchev–Trinajstić information content (AvgIpc) is 2.58. The molecule has 0 unspecified atom stereocenters. The first-order valence-corrected chi connectivity index (χ1v) is 8.15. The minimum absolute atomic E-state index is 0.120. The van der Waals surface area contributed by atoms with Crippen LogP contribution in [0.1, 0.15) is 31.4 Å². The first-order chi connectivity index (χ1) is 11.6. The Balaban J connectivity index is 1.96. The predicted octanol–water partition coefficient (Wildman–Crippen LogP) is 4.53. The van der Waals surface area contributed by atoms with E-state index in [2.05, 4.69) is 36.6 Å². The van der Waals surface area contributed by atoms with Crippen LogP contribution in [0.5, 0.6) is 0 Å². The molecule has 0 fully saturated rings. The van der Waals surface area contributed by atoms with Crippen LogP contribution in [0.25, 0.3) is 0 Å². The van der Waals surface area contributed by atoms with E-state index >= 15 is 0 Å². The molecule has 0 aliphatic heterocycles. The third kappa shape index (κ3) is 4.31. The van der Waals surface area contributed by atoms with Gasteiger partial charge in [-0.05, 0) is 36.1 Å². The molecular weight excluding hydrogens is 310 g/mol. The second kappa shape index (κ2) is 8.43. The molecule has 2 rings (SSSR count). The Morgan fingerprint density at radius 2 is 1.46 bits per heavy atom. The Kier molecular flexibility index (Phi) is 6.29. The smallest absolute Gasteiger partial charge is 0.226 e. The Morgan fingerprint density at radius 3 is 2.00 bits per heavy atom. The highest BCUT2D eigenvalue weighted by atomic mass is 19.1. The number of anilines is 2. The van der Waals surface area contributed by atoms with Crippen molar-refractivity contribution in [3.8, 4) is 0 Å². The van der Waals surface area contributed by atoms with Crippen molar-refractivity contribution in [2.45, 2.75) is 33.1 Å². The van der Waals surface area contributed by atoms with E-state index < -0.39 is 23.2 Å². The molecule has 2 aromatic rings. The van der Waals surface area contributed by atoms with Crippen molar-refractivity contribution in [1.29, 1.82) is 0 Å². The summed E-state index contributed by atoms with van der Waals surface area (Å²) in [5.41, 5.74) is 3.03. The van der Waals surface area contributed by atoms with Gasteiger partial charge in [-0.1, -0.05) is 38.1 Å². The fourth-order valence-electron chi connectivity index (χ4n) is 2.59. The van der Waals surface area contributed by atoms with Gasteiger partial charge in [-0.3, -0.25) is 4.79 Å². The number of amides is 1. The molecule has 0 atom stereocenters. The molecule has 3 nitrogen and oxygen atoms in total. The Bertz CT molecular complexity index is 674.